The maximum atomic E-state index is 11.5. The van der Waals surface area contributed by atoms with Gasteiger partial charge in [-0.3, -0.25) is 0 Å². The fraction of sp³-hybridized carbons (Fsp3) is 0.400. The van der Waals surface area contributed by atoms with Gasteiger partial charge >= 0.3 is 5.97 Å². The van der Waals surface area contributed by atoms with Crippen LogP contribution in [0.1, 0.15) is 18.4 Å². The van der Waals surface area contributed by atoms with Crippen LogP contribution in [0.4, 0.5) is 0 Å². The SMILES string of the molecule is COC(=O)C1=C(CCOCc2ccccc2)OCC1. The molecule has 0 fully saturated rings. The van der Waals surface area contributed by atoms with Crippen molar-refractivity contribution in [3.63, 3.8) is 0 Å². The van der Waals surface area contributed by atoms with Gasteiger partial charge in [-0.15, -0.1) is 0 Å². The molecule has 1 aliphatic rings. The summed E-state index contributed by atoms with van der Waals surface area (Å²) >= 11 is 0. The average molecular weight is 262 g/mol. The highest BCUT2D eigenvalue weighted by molar-refractivity contribution is 5.89. The lowest BCUT2D eigenvalue weighted by Crippen LogP contribution is -2.06. The molecule has 0 spiro atoms. The number of carbonyl (C=O) groups is 1. The first-order valence-corrected chi connectivity index (χ1v) is 6.36. The number of ether oxygens (including phenoxy) is 3. The van der Waals surface area contributed by atoms with E-state index in [9.17, 15) is 4.79 Å². The second-order valence-corrected chi connectivity index (χ2v) is 4.28. The zero-order valence-corrected chi connectivity index (χ0v) is 11.1. The maximum absolute atomic E-state index is 11.5. The van der Waals surface area contributed by atoms with Crippen LogP contribution in [-0.4, -0.2) is 26.3 Å². The molecule has 4 heteroatoms. The van der Waals surface area contributed by atoms with Gasteiger partial charge in [0.2, 0.25) is 0 Å². The Bertz CT molecular complexity index is 450. The summed E-state index contributed by atoms with van der Waals surface area (Å²) in [6.45, 7) is 1.66. The van der Waals surface area contributed by atoms with Crippen LogP contribution >= 0.6 is 0 Å². The summed E-state index contributed by atoms with van der Waals surface area (Å²) < 4.78 is 15.7. The van der Waals surface area contributed by atoms with Gasteiger partial charge in [0.05, 0.1) is 32.5 Å². The molecule has 0 saturated carbocycles. The van der Waals surface area contributed by atoms with Gasteiger partial charge in [0.1, 0.15) is 5.76 Å². The molecular weight excluding hydrogens is 244 g/mol. The Hall–Kier alpha value is -1.81. The molecule has 1 aromatic rings. The Kier molecular flexibility index (Phi) is 4.98. The van der Waals surface area contributed by atoms with Gasteiger partial charge in [-0.05, 0) is 5.56 Å². The number of rotatable bonds is 6. The minimum absolute atomic E-state index is 0.296. The lowest BCUT2D eigenvalue weighted by atomic mass is 10.1. The molecule has 0 aliphatic carbocycles. The van der Waals surface area contributed by atoms with Crippen molar-refractivity contribution in [2.45, 2.75) is 19.4 Å². The van der Waals surface area contributed by atoms with E-state index < -0.39 is 0 Å². The fourth-order valence-corrected chi connectivity index (χ4v) is 1.99. The van der Waals surface area contributed by atoms with Crippen LogP contribution in [0.15, 0.2) is 41.7 Å². The van der Waals surface area contributed by atoms with Crippen LogP contribution in [0.5, 0.6) is 0 Å². The summed E-state index contributed by atoms with van der Waals surface area (Å²) in [5, 5.41) is 0. The molecule has 1 aliphatic heterocycles. The van der Waals surface area contributed by atoms with Crippen LogP contribution < -0.4 is 0 Å². The molecule has 4 nitrogen and oxygen atoms in total. The van der Waals surface area contributed by atoms with Gasteiger partial charge in [0.15, 0.2) is 0 Å². The summed E-state index contributed by atoms with van der Waals surface area (Å²) in [6.07, 6.45) is 1.23. The minimum atomic E-state index is -0.296. The third kappa shape index (κ3) is 3.83. The van der Waals surface area contributed by atoms with Gasteiger partial charge in [-0.2, -0.15) is 0 Å². The van der Waals surface area contributed by atoms with Gasteiger partial charge in [-0.25, -0.2) is 4.79 Å². The number of benzene rings is 1. The van der Waals surface area contributed by atoms with Gasteiger partial charge in [-0.1, -0.05) is 30.3 Å². The van der Waals surface area contributed by atoms with Crippen LogP contribution in [0.2, 0.25) is 0 Å². The lowest BCUT2D eigenvalue weighted by molar-refractivity contribution is -0.136. The normalized spacial score (nSPS) is 14.4. The maximum Gasteiger partial charge on any atom is 0.337 e. The van der Waals surface area contributed by atoms with Crippen molar-refractivity contribution in [1.82, 2.24) is 0 Å². The number of methoxy groups -OCH3 is 1. The zero-order valence-electron chi connectivity index (χ0n) is 11.1. The summed E-state index contributed by atoms with van der Waals surface area (Å²) in [5.41, 5.74) is 1.78. The number of esters is 1. The van der Waals surface area contributed by atoms with Crippen molar-refractivity contribution in [1.29, 1.82) is 0 Å². The van der Waals surface area contributed by atoms with E-state index in [1.165, 1.54) is 7.11 Å². The molecule has 1 aromatic carbocycles. The van der Waals surface area contributed by atoms with Crippen LogP contribution in [-0.2, 0) is 25.6 Å². The van der Waals surface area contributed by atoms with Gasteiger partial charge < -0.3 is 14.2 Å². The third-order valence-electron chi connectivity index (χ3n) is 2.98. The highest BCUT2D eigenvalue weighted by Crippen LogP contribution is 2.23. The monoisotopic (exact) mass is 262 g/mol. The second kappa shape index (κ2) is 6.95. The molecule has 0 amide bonds. The standard InChI is InChI=1S/C15H18O4/c1-17-15(16)13-7-10-19-14(13)8-9-18-11-12-5-3-2-4-6-12/h2-6H,7-11H2,1H3. The first-order chi connectivity index (χ1) is 9.31. The van der Waals surface area contributed by atoms with Gasteiger partial charge in [0.25, 0.3) is 0 Å². The quantitative estimate of drug-likeness (QED) is 0.583. The number of hydrogen-bond acceptors (Lipinski definition) is 4. The smallest absolute Gasteiger partial charge is 0.337 e. The first kappa shape index (κ1) is 13.6. The highest BCUT2D eigenvalue weighted by atomic mass is 16.5. The van der Waals surface area contributed by atoms with E-state index in [1.54, 1.807) is 0 Å². The summed E-state index contributed by atoms with van der Waals surface area (Å²) in [6, 6.07) is 9.98. The summed E-state index contributed by atoms with van der Waals surface area (Å²) in [5.74, 6) is 0.412. The summed E-state index contributed by atoms with van der Waals surface area (Å²) in [7, 11) is 1.39. The molecule has 102 valence electrons. The van der Waals surface area contributed by atoms with Crippen molar-refractivity contribution in [2.24, 2.45) is 0 Å². The molecule has 0 unspecified atom stereocenters. The third-order valence-corrected chi connectivity index (χ3v) is 2.98. The zero-order chi connectivity index (χ0) is 13.5. The van der Waals surface area contributed by atoms with Crippen molar-refractivity contribution in [3.05, 3.63) is 47.2 Å². The summed E-state index contributed by atoms with van der Waals surface area (Å²) in [4.78, 5) is 11.5. The van der Waals surface area contributed by atoms with E-state index in [0.29, 0.717) is 44.0 Å². The van der Waals surface area contributed by atoms with E-state index in [4.69, 9.17) is 14.2 Å². The largest absolute Gasteiger partial charge is 0.497 e. The first-order valence-electron chi connectivity index (χ1n) is 6.36. The van der Waals surface area contributed by atoms with E-state index in [-0.39, 0.29) is 5.97 Å². The van der Waals surface area contributed by atoms with Crippen LogP contribution in [0, 0.1) is 0 Å². The highest BCUT2D eigenvalue weighted by Gasteiger charge is 2.22. The number of hydrogen-bond donors (Lipinski definition) is 0. The molecule has 0 N–H and O–H groups in total. The van der Waals surface area contributed by atoms with Crippen molar-refractivity contribution in [2.75, 3.05) is 20.3 Å². The minimum Gasteiger partial charge on any atom is -0.497 e. The fourth-order valence-electron chi connectivity index (χ4n) is 1.99. The molecule has 0 aromatic heterocycles. The molecule has 0 radical (unpaired) electrons. The Balaban J connectivity index is 1.77. The van der Waals surface area contributed by atoms with Crippen molar-refractivity contribution >= 4 is 5.97 Å². The van der Waals surface area contributed by atoms with Crippen LogP contribution in [0.3, 0.4) is 0 Å². The molecule has 0 saturated heterocycles. The average Bonchev–Trinajstić information content (AvgIpc) is 2.92. The molecule has 2 rings (SSSR count). The van der Waals surface area contributed by atoms with E-state index in [0.717, 1.165) is 5.56 Å². The van der Waals surface area contributed by atoms with E-state index in [2.05, 4.69) is 0 Å². The predicted octanol–water partition coefficient (Wildman–Crippen LogP) is 2.44. The van der Waals surface area contributed by atoms with Gasteiger partial charge in [0, 0.05) is 12.8 Å². The van der Waals surface area contributed by atoms with E-state index >= 15 is 0 Å². The molecular formula is C15H18O4. The van der Waals surface area contributed by atoms with Crippen LogP contribution in [0.25, 0.3) is 0 Å². The van der Waals surface area contributed by atoms with Crippen molar-refractivity contribution in [3.8, 4) is 0 Å². The molecule has 0 bridgehead atoms. The lowest BCUT2D eigenvalue weighted by Gasteiger charge is -2.07. The Morgan fingerprint density at radius 2 is 2.11 bits per heavy atom. The number of carbonyl (C=O) groups excluding carboxylic acids is 1. The Labute approximate surface area is 113 Å². The topological polar surface area (TPSA) is 44.8 Å². The molecule has 19 heavy (non-hydrogen) atoms. The Morgan fingerprint density at radius 3 is 2.84 bits per heavy atom. The predicted molar refractivity (Wildman–Crippen MR) is 70.3 cm³/mol. The second-order valence-electron chi connectivity index (χ2n) is 4.28. The molecule has 0 atom stereocenters. The Morgan fingerprint density at radius 1 is 1.32 bits per heavy atom. The molecule has 1 heterocycles. The van der Waals surface area contributed by atoms with E-state index in [1.807, 2.05) is 30.3 Å². The van der Waals surface area contributed by atoms with Crippen molar-refractivity contribution < 1.29 is 19.0 Å².